The molecular weight excluding hydrogens is 241 g/mol. The van der Waals surface area contributed by atoms with Crippen LogP contribution in [0, 0.1) is 0 Å². The summed E-state index contributed by atoms with van der Waals surface area (Å²) in [6.07, 6.45) is -4.42. The molecule has 0 heterocycles. The van der Waals surface area contributed by atoms with E-state index in [1.165, 1.54) is 18.2 Å². The van der Waals surface area contributed by atoms with Gasteiger partial charge in [-0.2, -0.15) is 18.3 Å². The summed E-state index contributed by atoms with van der Waals surface area (Å²) >= 11 is 0. The maximum atomic E-state index is 12.7. The van der Waals surface area contributed by atoms with Crippen LogP contribution in [0.25, 0.3) is 0 Å². The van der Waals surface area contributed by atoms with Crippen molar-refractivity contribution in [2.24, 2.45) is 10.2 Å². The smallest absolute Gasteiger partial charge is 0.166 e. The zero-order valence-electron chi connectivity index (χ0n) is 9.22. The summed E-state index contributed by atoms with van der Waals surface area (Å²) in [5.41, 5.74) is -0.465. The third-order valence-electron chi connectivity index (χ3n) is 2.24. The second-order valence-corrected chi connectivity index (χ2v) is 3.55. The molecule has 0 radical (unpaired) electrons. The van der Waals surface area contributed by atoms with Gasteiger partial charge in [-0.25, -0.2) is 0 Å². The molecule has 18 heavy (non-hydrogen) atoms. The number of rotatable bonds is 2. The summed E-state index contributed by atoms with van der Waals surface area (Å²) in [5.74, 6) is 0. The third kappa shape index (κ3) is 2.94. The Balaban J connectivity index is 2.33. The number of halogens is 3. The Morgan fingerprint density at radius 2 is 1.33 bits per heavy atom. The highest BCUT2D eigenvalue weighted by atomic mass is 19.4. The SMILES string of the molecule is FC(F)(F)c1ccccc1N=Nc1ccccc1. The lowest BCUT2D eigenvalue weighted by molar-refractivity contribution is -0.137. The Bertz CT molecular complexity index is 548. The summed E-state index contributed by atoms with van der Waals surface area (Å²) < 4.78 is 38.0. The minimum absolute atomic E-state index is 0.186. The van der Waals surface area contributed by atoms with E-state index in [0.29, 0.717) is 5.69 Å². The van der Waals surface area contributed by atoms with E-state index in [0.717, 1.165) is 6.07 Å². The molecule has 0 fully saturated rings. The van der Waals surface area contributed by atoms with Gasteiger partial charge >= 0.3 is 6.18 Å². The van der Waals surface area contributed by atoms with Gasteiger partial charge in [0.25, 0.3) is 0 Å². The largest absolute Gasteiger partial charge is 0.418 e. The number of nitrogens with zero attached hydrogens (tertiary/aromatic N) is 2. The van der Waals surface area contributed by atoms with Gasteiger partial charge in [0, 0.05) is 0 Å². The Kier molecular flexibility index (Phi) is 3.41. The Hall–Kier alpha value is -2.17. The fourth-order valence-electron chi connectivity index (χ4n) is 1.41. The molecule has 0 amide bonds. The fourth-order valence-corrected chi connectivity index (χ4v) is 1.41. The van der Waals surface area contributed by atoms with Crippen molar-refractivity contribution in [3.63, 3.8) is 0 Å². The van der Waals surface area contributed by atoms with E-state index in [-0.39, 0.29) is 5.69 Å². The average molecular weight is 250 g/mol. The quantitative estimate of drug-likeness (QED) is 0.661. The van der Waals surface area contributed by atoms with Gasteiger partial charge in [-0.15, -0.1) is 5.11 Å². The van der Waals surface area contributed by atoms with Gasteiger partial charge in [0.15, 0.2) is 0 Å². The molecule has 0 aliphatic rings. The molecule has 2 aromatic carbocycles. The molecule has 0 saturated heterocycles. The topological polar surface area (TPSA) is 24.7 Å². The minimum atomic E-state index is -4.42. The molecule has 0 spiro atoms. The van der Waals surface area contributed by atoms with Crippen LogP contribution in [-0.4, -0.2) is 0 Å². The molecule has 0 aromatic heterocycles. The van der Waals surface area contributed by atoms with Crippen LogP contribution in [0.2, 0.25) is 0 Å². The molecule has 0 bridgehead atoms. The first-order valence-electron chi connectivity index (χ1n) is 5.20. The Morgan fingerprint density at radius 1 is 0.722 bits per heavy atom. The standard InChI is InChI=1S/C13H9F3N2/c14-13(15,16)11-8-4-5-9-12(11)18-17-10-6-2-1-3-7-10/h1-9H. The van der Waals surface area contributed by atoms with E-state index in [4.69, 9.17) is 0 Å². The second kappa shape index (κ2) is 5.00. The van der Waals surface area contributed by atoms with Crippen molar-refractivity contribution in [2.45, 2.75) is 6.18 Å². The molecule has 92 valence electrons. The minimum Gasteiger partial charge on any atom is -0.166 e. The van der Waals surface area contributed by atoms with Gasteiger partial charge in [-0.1, -0.05) is 30.3 Å². The Labute approximate surface area is 102 Å². The summed E-state index contributed by atoms with van der Waals surface area (Å²) in [7, 11) is 0. The first-order valence-corrected chi connectivity index (χ1v) is 5.20. The first-order chi connectivity index (χ1) is 8.57. The summed E-state index contributed by atoms with van der Waals surface area (Å²) in [4.78, 5) is 0. The van der Waals surface area contributed by atoms with E-state index < -0.39 is 11.7 Å². The summed E-state index contributed by atoms with van der Waals surface area (Å²) in [6.45, 7) is 0. The molecule has 0 aliphatic carbocycles. The van der Waals surface area contributed by atoms with Crippen molar-refractivity contribution in [1.29, 1.82) is 0 Å². The normalized spacial score (nSPS) is 11.9. The van der Waals surface area contributed by atoms with Crippen LogP contribution in [0.1, 0.15) is 5.56 Å². The van der Waals surface area contributed by atoms with Crippen LogP contribution in [0.4, 0.5) is 24.5 Å². The monoisotopic (exact) mass is 250 g/mol. The van der Waals surface area contributed by atoms with Crippen molar-refractivity contribution in [2.75, 3.05) is 0 Å². The number of benzene rings is 2. The van der Waals surface area contributed by atoms with Crippen LogP contribution in [0.5, 0.6) is 0 Å². The number of alkyl halides is 3. The van der Waals surface area contributed by atoms with Crippen molar-refractivity contribution < 1.29 is 13.2 Å². The van der Waals surface area contributed by atoms with Gasteiger partial charge in [0.2, 0.25) is 0 Å². The van der Waals surface area contributed by atoms with Gasteiger partial charge in [-0.3, -0.25) is 0 Å². The zero-order chi connectivity index (χ0) is 13.0. The van der Waals surface area contributed by atoms with Gasteiger partial charge in [0.05, 0.1) is 16.9 Å². The highest BCUT2D eigenvalue weighted by Gasteiger charge is 2.33. The second-order valence-electron chi connectivity index (χ2n) is 3.55. The lowest BCUT2D eigenvalue weighted by atomic mass is 10.2. The van der Waals surface area contributed by atoms with Crippen LogP contribution < -0.4 is 0 Å². The summed E-state index contributed by atoms with van der Waals surface area (Å²) in [5, 5.41) is 7.42. The predicted molar refractivity (Wildman–Crippen MR) is 62.1 cm³/mol. The predicted octanol–water partition coefficient (Wildman–Crippen LogP) is 5.12. The lowest BCUT2D eigenvalue weighted by Crippen LogP contribution is -2.04. The maximum Gasteiger partial charge on any atom is 0.418 e. The number of azo groups is 1. The molecule has 0 unspecified atom stereocenters. The number of hydrogen-bond acceptors (Lipinski definition) is 2. The van der Waals surface area contributed by atoms with Gasteiger partial charge in [0.1, 0.15) is 0 Å². The number of hydrogen-bond donors (Lipinski definition) is 0. The molecule has 0 N–H and O–H groups in total. The van der Waals surface area contributed by atoms with E-state index in [2.05, 4.69) is 10.2 Å². The van der Waals surface area contributed by atoms with Crippen molar-refractivity contribution in [3.05, 3.63) is 60.2 Å². The zero-order valence-corrected chi connectivity index (χ0v) is 9.22. The molecule has 0 atom stereocenters. The molecule has 5 heteroatoms. The van der Waals surface area contributed by atoms with Crippen LogP contribution in [-0.2, 0) is 6.18 Å². The van der Waals surface area contributed by atoms with Crippen LogP contribution in [0.3, 0.4) is 0 Å². The van der Waals surface area contributed by atoms with E-state index >= 15 is 0 Å². The third-order valence-corrected chi connectivity index (χ3v) is 2.24. The molecule has 0 saturated carbocycles. The highest BCUT2D eigenvalue weighted by molar-refractivity contribution is 5.47. The molecular formula is C13H9F3N2. The van der Waals surface area contributed by atoms with Crippen molar-refractivity contribution in [1.82, 2.24) is 0 Å². The molecule has 0 aliphatic heterocycles. The van der Waals surface area contributed by atoms with Crippen LogP contribution >= 0.6 is 0 Å². The van der Waals surface area contributed by atoms with E-state index in [9.17, 15) is 13.2 Å². The average Bonchev–Trinajstić information content (AvgIpc) is 2.37. The lowest BCUT2D eigenvalue weighted by Gasteiger charge is -2.08. The molecule has 2 nitrogen and oxygen atoms in total. The van der Waals surface area contributed by atoms with E-state index in [1.54, 1.807) is 30.3 Å². The molecule has 2 aromatic rings. The Morgan fingerprint density at radius 3 is 2.00 bits per heavy atom. The highest BCUT2D eigenvalue weighted by Crippen LogP contribution is 2.36. The van der Waals surface area contributed by atoms with Crippen molar-refractivity contribution >= 4 is 11.4 Å². The van der Waals surface area contributed by atoms with Crippen molar-refractivity contribution in [3.8, 4) is 0 Å². The first kappa shape index (κ1) is 12.3. The van der Waals surface area contributed by atoms with E-state index in [1.807, 2.05) is 0 Å². The van der Waals surface area contributed by atoms with Crippen LogP contribution in [0.15, 0.2) is 64.8 Å². The fraction of sp³-hybridized carbons (Fsp3) is 0.0769. The van der Waals surface area contributed by atoms with Gasteiger partial charge in [-0.05, 0) is 24.3 Å². The maximum absolute atomic E-state index is 12.7. The summed E-state index contributed by atoms with van der Waals surface area (Å²) in [6, 6.07) is 13.7. The van der Waals surface area contributed by atoms with Gasteiger partial charge < -0.3 is 0 Å². The molecule has 2 rings (SSSR count).